The third kappa shape index (κ3) is 5.61. The number of rotatable bonds is 4. The molecule has 2 nitrogen and oxygen atoms in total. The second-order valence-electron chi connectivity index (χ2n) is 4.08. The first kappa shape index (κ1) is 13.9. The van der Waals surface area contributed by atoms with Crippen molar-refractivity contribution in [2.45, 2.75) is 58.4 Å². The van der Waals surface area contributed by atoms with Crippen LogP contribution in [0.1, 0.15) is 55.2 Å². The Kier molecular flexibility index (Phi) is 9.42. The molecule has 1 fully saturated rings. The van der Waals surface area contributed by atoms with E-state index in [1.54, 1.807) is 0 Å². The molecule has 0 aromatic carbocycles. The summed E-state index contributed by atoms with van der Waals surface area (Å²) in [6, 6.07) is 0.841. The van der Waals surface area contributed by atoms with Crippen LogP contribution in [0, 0.1) is 5.92 Å². The van der Waals surface area contributed by atoms with Gasteiger partial charge in [-0.25, -0.2) is 0 Å². The molecule has 0 unspecified atom stereocenters. The molecule has 0 radical (unpaired) electrons. The van der Waals surface area contributed by atoms with E-state index >= 15 is 0 Å². The highest BCUT2D eigenvalue weighted by Crippen LogP contribution is 2.26. The summed E-state index contributed by atoms with van der Waals surface area (Å²) < 4.78 is 0. The van der Waals surface area contributed by atoms with E-state index in [1.165, 1.54) is 52.1 Å². The minimum absolute atomic E-state index is 0. The molecular formula is C12H32N2. The van der Waals surface area contributed by atoms with E-state index in [-0.39, 0.29) is 2.85 Å². The number of nitrogens with one attached hydrogen (secondary N) is 1. The van der Waals surface area contributed by atoms with Crippen molar-refractivity contribution < 1.29 is 2.85 Å². The zero-order valence-electron chi connectivity index (χ0n) is 10.2. The lowest BCUT2D eigenvalue weighted by Gasteiger charge is -2.28. The summed E-state index contributed by atoms with van der Waals surface area (Å²) in [4.78, 5) is 0. The SMILES string of the molecule is CCCNC1CCC(CC)CC1.CN.[HH].[HH]. The topological polar surface area (TPSA) is 38.0 Å². The van der Waals surface area contributed by atoms with Crippen molar-refractivity contribution in [2.24, 2.45) is 11.7 Å². The Morgan fingerprint density at radius 3 is 2.14 bits per heavy atom. The smallest absolute Gasteiger partial charge is 0.00672 e. The highest BCUT2D eigenvalue weighted by molar-refractivity contribution is 4.76. The fourth-order valence-electron chi connectivity index (χ4n) is 2.12. The van der Waals surface area contributed by atoms with Gasteiger partial charge in [0.2, 0.25) is 0 Å². The Balaban J connectivity index is -0.000000399. The maximum atomic E-state index is 4.50. The summed E-state index contributed by atoms with van der Waals surface area (Å²) in [6.45, 7) is 5.77. The summed E-state index contributed by atoms with van der Waals surface area (Å²) in [7, 11) is 1.50. The lowest BCUT2D eigenvalue weighted by molar-refractivity contribution is 0.287. The molecule has 0 amide bonds. The summed E-state index contributed by atoms with van der Waals surface area (Å²) in [5.74, 6) is 1.03. The van der Waals surface area contributed by atoms with Crippen molar-refractivity contribution in [1.29, 1.82) is 0 Å². The number of nitrogens with two attached hydrogens (primary N) is 1. The van der Waals surface area contributed by atoms with Crippen LogP contribution in [0.25, 0.3) is 0 Å². The Morgan fingerprint density at radius 1 is 1.14 bits per heavy atom. The van der Waals surface area contributed by atoms with Gasteiger partial charge >= 0.3 is 0 Å². The molecule has 0 saturated heterocycles. The van der Waals surface area contributed by atoms with Crippen molar-refractivity contribution in [1.82, 2.24) is 5.32 Å². The van der Waals surface area contributed by atoms with Crippen LogP contribution in [-0.2, 0) is 0 Å². The monoisotopic (exact) mass is 204 g/mol. The van der Waals surface area contributed by atoms with Crippen LogP contribution in [0.5, 0.6) is 0 Å². The van der Waals surface area contributed by atoms with E-state index in [0.717, 1.165) is 12.0 Å². The predicted octanol–water partition coefficient (Wildman–Crippen LogP) is 3.02. The van der Waals surface area contributed by atoms with Gasteiger partial charge in [-0.15, -0.1) is 0 Å². The number of hydrogen-bond acceptors (Lipinski definition) is 2. The van der Waals surface area contributed by atoms with Gasteiger partial charge in [-0.1, -0.05) is 20.3 Å². The summed E-state index contributed by atoms with van der Waals surface area (Å²) in [5, 5.41) is 3.62. The van der Waals surface area contributed by atoms with Gasteiger partial charge in [0.15, 0.2) is 0 Å². The van der Waals surface area contributed by atoms with Crippen molar-refractivity contribution >= 4 is 0 Å². The molecule has 1 saturated carbocycles. The quantitative estimate of drug-likeness (QED) is 0.739. The molecule has 0 aromatic heterocycles. The van der Waals surface area contributed by atoms with Gasteiger partial charge in [0.05, 0.1) is 0 Å². The Morgan fingerprint density at radius 2 is 1.71 bits per heavy atom. The van der Waals surface area contributed by atoms with Gasteiger partial charge in [-0.2, -0.15) is 0 Å². The van der Waals surface area contributed by atoms with Crippen molar-refractivity contribution in [3.8, 4) is 0 Å². The van der Waals surface area contributed by atoms with E-state index in [4.69, 9.17) is 0 Å². The Labute approximate surface area is 92.6 Å². The molecule has 0 aliphatic heterocycles. The summed E-state index contributed by atoms with van der Waals surface area (Å²) in [6.07, 6.45) is 8.40. The van der Waals surface area contributed by atoms with E-state index in [2.05, 4.69) is 24.9 Å². The highest BCUT2D eigenvalue weighted by Gasteiger charge is 2.18. The molecule has 0 aromatic rings. The average molecular weight is 204 g/mol. The average Bonchev–Trinajstić information content (AvgIpc) is 2.30. The molecule has 0 bridgehead atoms. The fraction of sp³-hybridized carbons (Fsp3) is 1.00. The van der Waals surface area contributed by atoms with Crippen LogP contribution in [0.3, 0.4) is 0 Å². The van der Waals surface area contributed by atoms with E-state index in [9.17, 15) is 0 Å². The molecule has 1 aliphatic carbocycles. The van der Waals surface area contributed by atoms with Crippen LogP contribution in [0.15, 0.2) is 0 Å². The second-order valence-corrected chi connectivity index (χ2v) is 4.08. The molecule has 0 heterocycles. The Bertz CT molecular complexity index is 116. The van der Waals surface area contributed by atoms with Crippen molar-refractivity contribution in [3.05, 3.63) is 0 Å². The van der Waals surface area contributed by atoms with Crippen LogP contribution >= 0.6 is 0 Å². The van der Waals surface area contributed by atoms with Crippen LogP contribution < -0.4 is 11.1 Å². The first-order valence-electron chi connectivity index (χ1n) is 6.18. The standard InChI is InChI=1S/C11H23N.CH5N.2H2/c1-3-9-12-11-7-5-10(4-2)6-8-11;1-2;;/h10-12H,3-9H2,1-2H3;2H2,1H3;2*1H. The van der Waals surface area contributed by atoms with E-state index in [0.29, 0.717) is 0 Å². The molecule has 90 valence electrons. The molecule has 1 aliphatic rings. The molecule has 0 spiro atoms. The molecule has 3 N–H and O–H groups in total. The van der Waals surface area contributed by atoms with E-state index < -0.39 is 0 Å². The molecule has 1 rings (SSSR count). The Hall–Kier alpha value is -0.0800. The van der Waals surface area contributed by atoms with E-state index in [1.807, 2.05) is 0 Å². The minimum atomic E-state index is 0. The van der Waals surface area contributed by atoms with Crippen LogP contribution in [0.4, 0.5) is 0 Å². The predicted molar refractivity (Wildman–Crippen MR) is 68.7 cm³/mol. The van der Waals surface area contributed by atoms with Gasteiger partial charge in [0.1, 0.15) is 0 Å². The molecular weight excluding hydrogens is 172 g/mol. The van der Waals surface area contributed by atoms with Gasteiger partial charge < -0.3 is 11.1 Å². The third-order valence-electron chi connectivity index (χ3n) is 3.11. The van der Waals surface area contributed by atoms with Crippen LogP contribution in [-0.4, -0.2) is 19.6 Å². The largest absolute Gasteiger partial charge is 0.333 e. The van der Waals surface area contributed by atoms with Gasteiger partial charge in [0.25, 0.3) is 0 Å². The summed E-state index contributed by atoms with van der Waals surface area (Å²) in [5.41, 5.74) is 4.50. The minimum Gasteiger partial charge on any atom is -0.333 e. The van der Waals surface area contributed by atoms with Gasteiger partial charge in [-0.3, -0.25) is 0 Å². The van der Waals surface area contributed by atoms with Crippen molar-refractivity contribution in [3.63, 3.8) is 0 Å². The zero-order valence-corrected chi connectivity index (χ0v) is 10.2. The second kappa shape index (κ2) is 9.47. The van der Waals surface area contributed by atoms with Gasteiger partial charge in [-0.05, 0) is 51.6 Å². The fourth-order valence-corrected chi connectivity index (χ4v) is 2.12. The first-order chi connectivity index (χ1) is 6.86. The maximum Gasteiger partial charge on any atom is 0.00672 e. The lowest BCUT2D eigenvalue weighted by Crippen LogP contribution is -2.33. The summed E-state index contributed by atoms with van der Waals surface area (Å²) >= 11 is 0. The van der Waals surface area contributed by atoms with Crippen molar-refractivity contribution in [2.75, 3.05) is 13.6 Å². The highest BCUT2D eigenvalue weighted by atomic mass is 14.9. The van der Waals surface area contributed by atoms with Crippen LogP contribution in [0.2, 0.25) is 0 Å². The maximum absolute atomic E-state index is 4.50. The molecule has 0 atom stereocenters. The third-order valence-corrected chi connectivity index (χ3v) is 3.11. The first-order valence-corrected chi connectivity index (χ1v) is 6.18. The molecule has 2 heteroatoms. The number of hydrogen-bond donors (Lipinski definition) is 2. The lowest BCUT2D eigenvalue weighted by atomic mass is 9.84. The van der Waals surface area contributed by atoms with Gasteiger partial charge in [0, 0.05) is 8.90 Å². The zero-order chi connectivity index (χ0) is 10.8. The molecule has 14 heavy (non-hydrogen) atoms. The normalized spacial score (nSPS) is 26.6.